The molecule has 0 rings (SSSR count). The van der Waals surface area contributed by atoms with Crippen molar-refractivity contribution in [1.82, 2.24) is 0 Å². The monoisotopic (exact) mass is 684 g/mol. The average Bonchev–Trinajstić information content (AvgIpc) is 0. The van der Waals surface area contributed by atoms with Gasteiger partial charge in [0.05, 0.1) is 0 Å². The smallest absolute Gasteiger partial charge is 0 e. The van der Waals surface area contributed by atoms with Crippen molar-refractivity contribution in [3.8, 4) is 0 Å². The molecule has 0 saturated carbocycles. The van der Waals surface area contributed by atoms with Crippen molar-refractivity contribution in [1.29, 1.82) is 0 Å². The van der Waals surface area contributed by atoms with Gasteiger partial charge in [-0.15, -0.1) is 0 Å². The van der Waals surface area contributed by atoms with E-state index in [1.54, 1.807) is 0 Å². The Hall–Kier alpha value is 3.68. The fourth-order valence-electron chi connectivity index (χ4n) is 0. The molecule has 0 aromatic carbocycles. The zero-order chi connectivity index (χ0) is 0. The molecule has 0 atom stereocenters. The van der Waals surface area contributed by atoms with Crippen LogP contribution in [0.1, 0.15) is 0 Å². The van der Waals surface area contributed by atoms with Gasteiger partial charge < -0.3 is 0 Å². The van der Waals surface area contributed by atoms with E-state index in [1.807, 2.05) is 0 Å². The fourth-order valence-corrected chi connectivity index (χ4v) is 0. The third-order valence-corrected chi connectivity index (χ3v) is 0. The quantitative estimate of drug-likeness (QED) is 0.315. The Morgan fingerprint density at radius 3 is 0.667 bits per heavy atom. The van der Waals surface area contributed by atoms with Crippen LogP contribution in [0.2, 0.25) is 0 Å². The third-order valence-electron chi connectivity index (χ3n) is 0. The van der Waals surface area contributed by atoms with Crippen LogP contribution in [0.3, 0.4) is 0 Å². The van der Waals surface area contributed by atoms with Crippen LogP contribution in [-0.2, 0) is 116 Å². The van der Waals surface area contributed by atoms with Gasteiger partial charge in [-0.25, -0.2) is 0 Å². The predicted octanol–water partition coefficient (Wildman–Crippen LogP) is -0.0150. The van der Waals surface area contributed by atoms with Gasteiger partial charge in [-0.1, -0.05) is 0 Å². The third kappa shape index (κ3) is 25.3. The molecule has 0 bridgehead atoms. The Morgan fingerprint density at radius 1 is 0.667 bits per heavy atom. The molecule has 0 N–H and O–H groups in total. The average molecular weight is 686 g/mol. The van der Waals surface area contributed by atoms with Crippen LogP contribution < -0.4 is 0 Å². The van der Waals surface area contributed by atoms with Gasteiger partial charge in [0.2, 0.25) is 0 Å². The number of rotatable bonds is 0. The molecule has 0 saturated heterocycles. The van der Waals surface area contributed by atoms with Crippen molar-refractivity contribution in [3.05, 3.63) is 0 Å². The van der Waals surface area contributed by atoms with Gasteiger partial charge in [-0.05, 0) is 0 Å². The summed E-state index contributed by atoms with van der Waals surface area (Å²) in [4.78, 5) is 0. The summed E-state index contributed by atoms with van der Waals surface area (Å²) in [7, 11) is 0. The zero-order valence-electron chi connectivity index (χ0n) is 1.84. The largest absolute Gasteiger partial charge is 0 e. The number of hydrogen-bond acceptors (Lipinski definition) is 0. The molecule has 0 aliphatic rings. The molecule has 0 fully saturated rings. The molecule has 0 nitrogen and oxygen atoms in total. The first-order chi connectivity index (χ1) is 0. The van der Waals surface area contributed by atoms with Crippen LogP contribution in [0.5, 0.6) is 0 Å². The van der Waals surface area contributed by atoms with E-state index in [0.29, 0.717) is 0 Å². The first-order valence-electron chi connectivity index (χ1n) is 0. The molecule has 64 valence electrons. The van der Waals surface area contributed by atoms with Gasteiger partial charge in [0, 0.05) is 116 Å². The SMILES string of the molecule is [Au].[Au].[Cu].[Cu].[Ni].[Pd]. The van der Waals surface area contributed by atoms with Crippen molar-refractivity contribution in [2.24, 2.45) is 0 Å². The minimum Gasteiger partial charge on any atom is 0 e. The van der Waals surface area contributed by atoms with E-state index in [1.165, 1.54) is 0 Å². The summed E-state index contributed by atoms with van der Waals surface area (Å²) in [6.07, 6.45) is 0. The zero-order valence-corrected chi connectivity index (χ0v) is 10.6. The summed E-state index contributed by atoms with van der Waals surface area (Å²) in [5, 5.41) is 0. The van der Waals surface area contributed by atoms with Crippen LogP contribution in [-0.4, -0.2) is 0 Å². The minimum absolute atomic E-state index is 0. The topological polar surface area (TPSA) is 0 Å². The van der Waals surface area contributed by atoms with Gasteiger partial charge >= 0.3 is 0 Å². The van der Waals surface area contributed by atoms with E-state index in [4.69, 9.17) is 0 Å². The Morgan fingerprint density at radius 2 is 0.667 bits per heavy atom. The van der Waals surface area contributed by atoms with Crippen LogP contribution in [0.4, 0.5) is 0 Å². The van der Waals surface area contributed by atoms with Crippen LogP contribution in [0.25, 0.3) is 0 Å². The second kappa shape index (κ2) is 37.8. The number of hydrogen-bond donors (Lipinski definition) is 0. The van der Waals surface area contributed by atoms with E-state index < -0.39 is 0 Å². The summed E-state index contributed by atoms with van der Waals surface area (Å²) < 4.78 is 0. The summed E-state index contributed by atoms with van der Waals surface area (Å²) in [6.45, 7) is 0. The molecule has 0 spiro atoms. The molecule has 0 amide bonds. The van der Waals surface area contributed by atoms with Crippen molar-refractivity contribution in [3.63, 3.8) is 0 Å². The van der Waals surface area contributed by atoms with E-state index in [0.717, 1.165) is 0 Å². The Bertz CT molecular complexity index is 11.5. The van der Waals surface area contributed by atoms with E-state index in [9.17, 15) is 0 Å². The maximum Gasteiger partial charge on any atom is 0 e. The van der Waals surface area contributed by atoms with Gasteiger partial charge in [-0.2, -0.15) is 0 Å². The van der Waals surface area contributed by atoms with Crippen molar-refractivity contribution in [2.75, 3.05) is 0 Å². The van der Waals surface area contributed by atoms with Crippen LogP contribution in [0, 0.1) is 0 Å². The first-order valence-corrected chi connectivity index (χ1v) is 0. The van der Waals surface area contributed by atoms with Crippen molar-refractivity contribution >= 4 is 0 Å². The summed E-state index contributed by atoms with van der Waals surface area (Å²) in [5.74, 6) is 0. The summed E-state index contributed by atoms with van der Waals surface area (Å²) in [6, 6.07) is 0. The molecule has 6 heavy (non-hydrogen) atoms. The molecular formula is Au2Cu2NiPd. The second-order valence-corrected chi connectivity index (χ2v) is 0. The molecule has 4 radical (unpaired) electrons. The van der Waals surface area contributed by atoms with Gasteiger partial charge in [0.15, 0.2) is 0 Å². The molecule has 0 aliphatic heterocycles. The molecule has 0 aromatic heterocycles. The van der Waals surface area contributed by atoms with E-state index in [-0.39, 0.29) is 116 Å². The maximum absolute atomic E-state index is 0. The second-order valence-electron chi connectivity index (χ2n) is 0. The van der Waals surface area contributed by atoms with Crippen LogP contribution in [0.15, 0.2) is 0 Å². The van der Waals surface area contributed by atoms with E-state index >= 15 is 0 Å². The van der Waals surface area contributed by atoms with Gasteiger partial charge in [0.25, 0.3) is 0 Å². The Balaban J connectivity index is 0. The maximum atomic E-state index is 0. The molecule has 0 heterocycles. The van der Waals surface area contributed by atoms with Gasteiger partial charge in [-0.3, -0.25) is 0 Å². The van der Waals surface area contributed by atoms with Crippen molar-refractivity contribution < 1.29 is 116 Å². The molecule has 0 aliphatic carbocycles. The van der Waals surface area contributed by atoms with E-state index in [2.05, 4.69) is 0 Å². The first kappa shape index (κ1) is 53.9. The molecule has 0 aromatic rings. The Kier molecular flexibility index (Phi) is 340. The van der Waals surface area contributed by atoms with Crippen LogP contribution >= 0.6 is 0 Å². The fraction of sp³-hybridized carbons (Fsp3) is 0. The summed E-state index contributed by atoms with van der Waals surface area (Å²) >= 11 is 0. The Labute approximate surface area is 114 Å². The molecule has 6 heteroatoms. The normalized spacial score (nSPS) is 0. The van der Waals surface area contributed by atoms with Crippen molar-refractivity contribution in [2.45, 2.75) is 0 Å². The predicted molar refractivity (Wildman–Crippen MR) is 0 cm³/mol. The standard InChI is InChI=1S/2Au.2Cu.Ni.Pd. The minimum atomic E-state index is 0. The molecular weight excluding hydrogens is 686 g/mol. The van der Waals surface area contributed by atoms with Gasteiger partial charge in [0.1, 0.15) is 0 Å². The summed E-state index contributed by atoms with van der Waals surface area (Å²) in [5.41, 5.74) is 0. The molecule has 0 unspecified atom stereocenters.